The van der Waals surface area contributed by atoms with Gasteiger partial charge in [0, 0.05) is 17.5 Å². The molecule has 1 heterocycles. The number of benzene rings is 2. The van der Waals surface area contributed by atoms with E-state index in [2.05, 4.69) is 0 Å². The Kier molecular flexibility index (Phi) is 6.45. The minimum Gasteiger partial charge on any atom is -0.491 e. The van der Waals surface area contributed by atoms with Crippen LogP contribution >= 0.6 is 0 Å². The van der Waals surface area contributed by atoms with E-state index in [9.17, 15) is 9.59 Å². The molecule has 3 aromatic rings. The van der Waals surface area contributed by atoms with Gasteiger partial charge in [0.15, 0.2) is 0 Å². The van der Waals surface area contributed by atoms with Gasteiger partial charge in [0.05, 0.1) is 6.61 Å². The molecule has 0 N–H and O–H groups in total. The van der Waals surface area contributed by atoms with Gasteiger partial charge in [-0.3, -0.25) is 0 Å². The smallest absolute Gasteiger partial charge is 0.337 e. The summed E-state index contributed by atoms with van der Waals surface area (Å²) in [5.41, 5.74) is 1.63. The number of carbonyl (C=O) groups is 1. The first-order valence-corrected chi connectivity index (χ1v) is 9.10. The Labute approximate surface area is 162 Å². The molecule has 2 aromatic carbocycles. The van der Waals surface area contributed by atoms with Crippen molar-refractivity contribution in [2.24, 2.45) is 0 Å². The molecular weight excluding hydrogens is 360 g/mol. The van der Waals surface area contributed by atoms with Crippen molar-refractivity contribution in [3.05, 3.63) is 70.1 Å². The van der Waals surface area contributed by atoms with E-state index < -0.39 is 11.6 Å². The third kappa shape index (κ3) is 4.98. The van der Waals surface area contributed by atoms with Gasteiger partial charge in [-0.25, -0.2) is 9.59 Å². The van der Waals surface area contributed by atoms with Gasteiger partial charge < -0.3 is 18.6 Å². The lowest BCUT2D eigenvalue weighted by molar-refractivity contribution is -0.139. The van der Waals surface area contributed by atoms with Crippen LogP contribution in [0.3, 0.4) is 0 Å². The second-order valence-electron chi connectivity index (χ2n) is 6.25. The van der Waals surface area contributed by atoms with Crippen molar-refractivity contribution >= 4 is 16.9 Å². The molecule has 0 fully saturated rings. The van der Waals surface area contributed by atoms with E-state index in [0.29, 0.717) is 24.4 Å². The SMILES string of the molecule is CCc1cc2c(C)cc(=O)oc2cc1OC(=O)COCCOc1ccccc1. The molecule has 146 valence electrons. The average Bonchev–Trinajstić information content (AvgIpc) is 2.68. The maximum absolute atomic E-state index is 12.1. The highest BCUT2D eigenvalue weighted by Gasteiger charge is 2.13. The van der Waals surface area contributed by atoms with Crippen molar-refractivity contribution in [3.8, 4) is 11.5 Å². The molecule has 0 bridgehead atoms. The Balaban J connectivity index is 1.57. The molecule has 0 atom stereocenters. The van der Waals surface area contributed by atoms with Crippen molar-refractivity contribution in [1.82, 2.24) is 0 Å². The molecule has 0 aliphatic rings. The van der Waals surface area contributed by atoms with Gasteiger partial charge in [-0.2, -0.15) is 0 Å². The van der Waals surface area contributed by atoms with Gasteiger partial charge in [-0.15, -0.1) is 0 Å². The summed E-state index contributed by atoms with van der Waals surface area (Å²) >= 11 is 0. The van der Waals surface area contributed by atoms with Crippen molar-refractivity contribution in [1.29, 1.82) is 0 Å². The number of ether oxygens (including phenoxy) is 3. The van der Waals surface area contributed by atoms with Crippen LogP contribution in [0.1, 0.15) is 18.1 Å². The Morgan fingerprint density at radius 3 is 2.61 bits per heavy atom. The first-order chi connectivity index (χ1) is 13.6. The molecule has 0 aliphatic heterocycles. The molecule has 0 amide bonds. The number of fused-ring (bicyclic) bond motifs is 1. The summed E-state index contributed by atoms with van der Waals surface area (Å²) in [5.74, 6) is 0.593. The molecule has 6 nitrogen and oxygen atoms in total. The summed E-state index contributed by atoms with van der Waals surface area (Å²) in [7, 11) is 0. The molecule has 0 saturated carbocycles. The topological polar surface area (TPSA) is 75.0 Å². The van der Waals surface area contributed by atoms with Crippen LogP contribution in [0.4, 0.5) is 0 Å². The lowest BCUT2D eigenvalue weighted by Gasteiger charge is -2.11. The van der Waals surface area contributed by atoms with E-state index in [1.165, 1.54) is 6.07 Å². The van der Waals surface area contributed by atoms with Crippen molar-refractivity contribution in [3.63, 3.8) is 0 Å². The van der Waals surface area contributed by atoms with Gasteiger partial charge >= 0.3 is 11.6 Å². The highest BCUT2D eigenvalue weighted by molar-refractivity contribution is 5.84. The maximum atomic E-state index is 12.1. The standard InChI is InChI=1S/C22H22O6/c1-3-16-12-18-15(2)11-21(23)28-20(18)13-19(16)27-22(24)14-25-9-10-26-17-7-5-4-6-8-17/h4-8,11-13H,3,9-10,14H2,1-2H3. The third-order valence-corrected chi connectivity index (χ3v) is 4.20. The first-order valence-electron chi connectivity index (χ1n) is 9.10. The number of para-hydroxylation sites is 1. The largest absolute Gasteiger partial charge is 0.491 e. The van der Waals surface area contributed by atoms with Crippen LogP contribution < -0.4 is 15.1 Å². The normalized spacial score (nSPS) is 10.8. The van der Waals surface area contributed by atoms with Crippen molar-refractivity contribution < 1.29 is 23.4 Å². The average molecular weight is 382 g/mol. The Hall–Kier alpha value is -3.12. The lowest BCUT2D eigenvalue weighted by Crippen LogP contribution is -2.18. The molecule has 3 rings (SSSR count). The third-order valence-electron chi connectivity index (χ3n) is 4.20. The van der Waals surface area contributed by atoms with E-state index in [0.717, 1.165) is 22.3 Å². The van der Waals surface area contributed by atoms with Crippen LogP contribution in [-0.2, 0) is 16.0 Å². The summed E-state index contributed by atoms with van der Waals surface area (Å²) < 4.78 is 21.5. The van der Waals surface area contributed by atoms with E-state index in [4.69, 9.17) is 18.6 Å². The zero-order valence-electron chi connectivity index (χ0n) is 15.9. The van der Waals surface area contributed by atoms with Gasteiger partial charge in [0.1, 0.15) is 30.3 Å². The molecule has 0 spiro atoms. The van der Waals surface area contributed by atoms with Crippen LogP contribution in [0.2, 0.25) is 0 Å². The van der Waals surface area contributed by atoms with Crippen LogP contribution in [0, 0.1) is 6.92 Å². The van der Waals surface area contributed by atoms with Gasteiger partial charge in [0.25, 0.3) is 0 Å². The van der Waals surface area contributed by atoms with E-state index in [1.54, 1.807) is 6.07 Å². The monoisotopic (exact) mass is 382 g/mol. The van der Waals surface area contributed by atoms with Gasteiger partial charge in [0.2, 0.25) is 0 Å². The highest BCUT2D eigenvalue weighted by atomic mass is 16.6. The summed E-state index contributed by atoms with van der Waals surface area (Å²) in [4.78, 5) is 23.7. The van der Waals surface area contributed by atoms with Crippen molar-refractivity contribution in [2.45, 2.75) is 20.3 Å². The molecule has 0 radical (unpaired) electrons. The molecule has 28 heavy (non-hydrogen) atoms. The number of esters is 1. The Bertz CT molecular complexity index is 1010. The molecule has 1 aromatic heterocycles. The number of hydrogen-bond donors (Lipinski definition) is 0. The zero-order chi connectivity index (χ0) is 19.9. The number of hydrogen-bond acceptors (Lipinski definition) is 6. The van der Waals surface area contributed by atoms with Gasteiger partial charge in [-0.05, 0) is 42.7 Å². The Morgan fingerprint density at radius 2 is 1.86 bits per heavy atom. The fraction of sp³-hybridized carbons (Fsp3) is 0.273. The number of rotatable bonds is 8. The molecule has 0 unspecified atom stereocenters. The van der Waals surface area contributed by atoms with E-state index in [-0.39, 0.29) is 13.2 Å². The van der Waals surface area contributed by atoms with Gasteiger partial charge in [-0.1, -0.05) is 25.1 Å². The minimum atomic E-state index is -0.524. The van der Waals surface area contributed by atoms with Crippen LogP contribution in [0.5, 0.6) is 11.5 Å². The molecule has 6 heteroatoms. The molecule has 0 saturated heterocycles. The lowest BCUT2D eigenvalue weighted by atomic mass is 10.1. The maximum Gasteiger partial charge on any atom is 0.337 e. The Morgan fingerprint density at radius 1 is 1.07 bits per heavy atom. The van der Waals surface area contributed by atoms with Crippen LogP contribution in [0.25, 0.3) is 11.0 Å². The molecular formula is C22H22O6. The summed E-state index contributed by atoms with van der Waals surface area (Å²) in [6.07, 6.45) is 0.670. The second kappa shape index (κ2) is 9.19. The zero-order valence-corrected chi connectivity index (χ0v) is 15.9. The summed E-state index contributed by atoms with van der Waals surface area (Å²) in [5, 5.41) is 0.825. The summed E-state index contributed by atoms with van der Waals surface area (Å²) in [6, 6.07) is 14.3. The van der Waals surface area contributed by atoms with Crippen LogP contribution in [0.15, 0.2) is 57.7 Å². The fourth-order valence-corrected chi connectivity index (χ4v) is 2.81. The minimum absolute atomic E-state index is 0.197. The quantitative estimate of drug-likeness (QED) is 0.256. The predicted molar refractivity (Wildman–Crippen MR) is 105 cm³/mol. The number of carbonyl (C=O) groups excluding carboxylic acids is 1. The summed E-state index contributed by atoms with van der Waals surface area (Å²) in [6.45, 7) is 4.20. The van der Waals surface area contributed by atoms with Crippen molar-refractivity contribution in [2.75, 3.05) is 19.8 Å². The van der Waals surface area contributed by atoms with E-state index >= 15 is 0 Å². The first kappa shape index (κ1) is 19.6. The molecule has 0 aliphatic carbocycles. The number of aryl methyl sites for hydroxylation is 2. The van der Waals surface area contributed by atoms with Crippen LogP contribution in [-0.4, -0.2) is 25.8 Å². The van der Waals surface area contributed by atoms with E-state index in [1.807, 2.05) is 50.2 Å². The highest BCUT2D eigenvalue weighted by Crippen LogP contribution is 2.27. The fourth-order valence-electron chi connectivity index (χ4n) is 2.81. The predicted octanol–water partition coefficient (Wildman–Crippen LogP) is 3.66. The second-order valence-corrected chi connectivity index (χ2v) is 6.25.